The van der Waals surface area contributed by atoms with Gasteiger partial charge in [0.15, 0.2) is 0 Å². The maximum Gasteiger partial charge on any atom is 0.268 e. The second kappa shape index (κ2) is 6.54. The Bertz CT molecular complexity index is 800. The molecule has 1 unspecified atom stereocenters. The Morgan fingerprint density at radius 3 is 2.50 bits per heavy atom. The second-order valence-electron chi connectivity index (χ2n) is 5.33. The zero-order chi connectivity index (χ0) is 16.3. The van der Waals surface area contributed by atoms with Gasteiger partial charge in [0.25, 0.3) is 5.56 Å². The Labute approximate surface area is 134 Å². The fourth-order valence-electron chi connectivity index (χ4n) is 2.18. The van der Waals surface area contributed by atoms with Crippen LogP contribution in [0, 0.1) is 24.2 Å². The van der Waals surface area contributed by atoms with E-state index in [0.29, 0.717) is 11.5 Å². The number of hydrogen-bond acceptors (Lipinski definition) is 3. The van der Waals surface area contributed by atoms with Crippen molar-refractivity contribution in [3.8, 4) is 17.3 Å². The summed E-state index contributed by atoms with van der Waals surface area (Å²) >= 11 is 5.00. The maximum absolute atomic E-state index is 12.5. The van der Waals surface area contributed by atoms with Crippen LogP contribution in [0.1, 0.15) is 18.1 Å². The molecule has 1 aromatic carbocycles. The fourth-order valence-corrected chi connectivity index (χ4v) is 2.26. The highest BCUT2D eigenvalue weighted by Crippen LogP contribution is 2.20. The molecule has 0 aliphatic carbocycles. The van der Waals surface area contributed by atoms with Gasteiger partial charge in [-0.1, -0.05) is 49.0 Å². The number of hydrogen-bond donors (Lipinski definition) is 1. The van der Waals surface area contributed by atoms with Crippen molar-refractivity contribution in [1.82, 2.24) is 4.57 Å². The Hall–Kier alpha value is -2.45. The molecular weight excluding hydrogens is 294 g/mol. The van der Waals surface area contributed by atoms with Gasteiger partial charge >= 0.3 is 0 Å². The summed E-state index contributed by atoms with van der Waals surface area (Å²) in [6.45, 7) is 4.23. The van der Waals surface area contributed by atoms with Crippen LogP contribution in [-0.2, 0) is 6.54 Å². The van der Waals surface area contributed by atoms with Gasteiger partial charge in [-0.05, 0) is 24.6 Å². The quantitative estimate of drug-likeness (QED) is 0.881. The molecule has 0 saturated carbocycles. The van der Waals surface area contributed by atoms with Crippen LogP contribution in [0.5, 0.6) is 0 Å². The zero-order valence-electron chi connectivity index (χ0n) is 12.5. The average molecular weight is 311 g/mol. The number of nitrogens with two attached hydrogens (primary N) is 1. The molecule has 2 rings (SSSR count). The van der Waals surface area contributed by atoms with Crippen molar-refractivity contribution in [2.45, 2.75) is 20.4 Å². The van der Waals surface area contributed by atoms with Crippen molar-refractivity contribution in [2.75, 3.05) is 0 Å². The Kier molecular flexibility index (Phi) is 4.74. The molecule has 5 heteroatoms. The van der Waals surface area contributed by atoms with Gasteiger partial charge in [0.05, 0.1) is 10.7 Å². The van der Waals surface area contributed by atoms with E-state index in [1.165, 1.54) is 0 Å². The van der Waals surface area contributed by atoms with E-state index in [9.17, 15) is 4.79 Å². The minimum Gasteiger partial charge on any atom is -0.393 e. The molecule has 1 atom stereocenters. The standard InChI is InChI=1S/C17H17N3OS/c1-11-3-5-13(6-4-11)15-8-7-14(9-18)17(21)20(15)10-12(2)16(19)22/h3-8,12H,10H2,1-2H3,(H2,19,22). The highest BCUT2D eigenvalue weighted by atomic mass is 32.1. The average Bonchev–Trinajstić information content (AvgIpc) is 2.50. The van der Waals surface area contributed by atoms with E-state index in [1.807, 2.05) is 44.2 Å². The molecule has 4 nitrogen and oxygen atoms in total. The molecule has 0 amide bonds. The summed E-state index contributed by atoms with van der Waals surface area (Å²) in [5, 5.41) is 9.07. The predicted octanol–water partition coefficient (Wildman–Crippen LogP) is 2.62. The summed E-state index contributed by atoms with van der Waals surface area (Å²) in [7, 11) is 0. The molecule has 0 aliphatic heterocycles. The van der Waals surface area contributed by atoms with Crippen molar-refractivity contribution in [1.29, 1.82) is 5.26 Å². The molecule has 0 fully saturated rings. The molecule has 22 heavy (non-hydrogen) atoms. The fraction of sp³-hybridized carbons (Fsp3) is 0.235. The number of thiocarbonyl (C=S) groups is 1. The highest BCUT2D eigenvalue weighted by Gasteiger charge is 2.14. The third kappa shape index (κ3) is 3.23. The number of benzene rings is 1. The molecule has 2 N–H and O–H groups in total. The van der Waals surface area contributed by atoms with Gasteiger partial charge in [0, 0.05) is 12.5 Å². The van der Waals surface area contributed by atoms with Crippen LogP contribution < -0.4 is 11.3 Å². The minimum absolute atomic E-state index is 0.117. The van der Waals surface area contributed by atoms with Crippen LogP contribution >= 0.6 is 12.2 Å². The molecule has 0 spiro atoms. The van der Waals surface area contributed by atoms with E-state index in [0.717, 1.165) is 16.8 Å². The lowest BCUT2D eigenvalue weighted by Gasteiger charge is -2.17. The number of pyridine rings is 1. The van der Waals surface area contributed by atoms with Crippen LogP contribution in [0.2, 0.25) is 0 Å². The Balaban J connectivity index is 2.61. The SMILES string of the molecule is Cc1ccc(-c2ccc(C#N)c(=O)n2CC(C)C(N)=S)cc1. The number of rotatable bonds is 4. The Morgan fingerprint density at radius 1 is 1.32 bits per heavy atom. The van der Waals surface area contributed by atoms with E-state index in [1.54, 1.807) is 16.7 Å². The summed E-state index contributed by atoms with van der Waals surface area (Å²) < 4.78 is 1.58. The van der Waals surface area contributed by atoms with Crippen LogP contribution in [0.4, 0.5) is 0 Å². The van der Waals surface area contributed by atoms with E-state index in [4.69, 9.17) is 23.2 Å². The van der Waals surface area contributed by atoms with E-state index >= 15 is 0 Å². The van der Waals surface area contributed by atoms with Crippen molar-refractivity contribution < 1.29 is 0 Å². The molecule has 1 aromatic heterocycles. The molecule has 0 saturated heterocycles. The summed E-state index contributed by atoms with van der Waals surface area (Å²) in [4.78, 5) is 12.8. The van der Waals surface area contributed by atoms with Crippen molar-refractivity contribution in [3.05, 3.63) is 57.9 Å². The third-order valence-corrected chi connectivity index (χ3v) is 3.99. The first kappa shape index (κ1) is 15.9. The zero-order valence-corrected chi connectivity index (χ0v) is 13.4. The molecule has 1 heterocycles. The van der Waals surface area contributed by atoms with Gasteiger partial charge in [0.2, 0.25) is 0 Å². The van der Waals surface area contributed by atoms with Gasteiger partial charge in [-0.15, -0.1) is 0 Å². The first-order chi connectivity index (χ1) is 10.4. The molecule has 2 aromatic rings. The summed E-state index contributed by atoms with van der Waals surface area (Å²) in [6, 6.07) is 13.2. The maximum atomic E-state index is 12.5. The topological polar surface area (TPSA) is 71.8 Å². The van der Waals surface area contributed by atoms with Gasteiger partial charge in [-0.25, -0.2) is 0 Å². The summed E-state index contributed by atoms with van der Waals surface area (Å²) in [5.41, 5.74) is 8.28. The molecule has 0 bridgehead atoms. The summed E-state index contributed by atoms with van der Waals surface area (Å²) in [6.07, 6.45) is 0. The lowest BCUT2D eigenvalue weighted by atomic mass is 10.1. The minimum atomic E-state index is -0.316. The van der Waals surface area contributed by atoms with Crippen molar-refractivity contribution in [3.63, 3.8) is 0 Å². The largest absolute Gasteiger partial charge is 0.393 e. The number of aryl methyl sites for hydroxylation is 1. The van der Waals surface area contributed by atoms with E-state index in [2.05, 4.69) is 0 Å². The van der Waals surface area contributed by atoms with Gasteiger partial charge in [-0.3, -0.25) is 4.79 Å². The van der Waals surface area contributed by atoms with Gasteiger partial charge < -0.3 is 10.3 Å². The molecule has 0 aliphatic rings. The first-order valence-electron chi connectivity index (χ1n) is 6.94. The van der Waals surface area contributed by atoms with E-state index < -0.39 is 0 Å². The smallest absolute Gasteiger partial charge is 0.268 e. The molecular formula is C17H17N3OS. The lowest BCUT2D eigenvalue weighted by Crippen LogP contribution is -2.31. The van der Waals surface area contributed by atoms with Crippen molar-refractivity contribution in [2.24, 2.45) is 11.7 Å². The second-order valence-corrected chi connectivity index (χ2v) is 5.80. The number of nitriles is 1. The normalized spacial score (nSPS) is 11.7. The number of aromatic nitrogens is 1. The predicted molar refractivity (Wildman–Crippen MR) is 91.5 cm³/mol. The van der Waals surface area contributed by atoms with Crippen LogP contribution in [-0.4, -0.2) is 9.56 Å². The highest BCUT2D eigenvalue weighted by molar-refractivity contribution is 7.80. The van der Waals surface area contributed by atoms with Crippen LogP contribution in [0.15, 0.2) is 41.2 Å². The monoisotopic (exact) mass is 311 g/mol. The Morgan fingerprint density at radius 2 is 1.95 bits per heavy atom. The molecule has 112 valence electrons. The van der Waals surface area contributed by atoms with Crippen LogP contribution in [0.25, 0.3) is 11.3 Å². The van der Waals surface area contributed by atoms with Crippen molar-refractivity contribution >= 4 is 17.2 Å². The van der Waals surface area contributed by atoms with Gasteiger partial charge in [-0.2, -0.15) is 5.26 Å². The van der Waals surface area contributed by atoms with Gasteiger partial charge in [0.1, 0.15) is 11.6 Å². The first-order valence-corrected chi connectivity index (χ1v) is 7.35. The summed E-state index contributed by atoms with van der Waals surface area (Å²) in [5.74, 6) is -0.133. The number of nitrogens with zero attached hydrogens (tertiary/aromatic N) is 2. The van der Waals surface area contributed by atoms with Crippen LogP contribution in [0.3, 0.4) is 0 Å². The lowest BCUT2D eigenvalue weighted by molar-refractivity contribution is 0.586. The third-order valence-electron chi connectivity index (χ3n) is 3.58. The van der Waals surface area contributed by atoms with E-state index in [-0.39, 0.29) is 17.0 Å². The molecule has 0 radical (unpaired) electrons.